The van der Waals surface area contributed by atoms with Gasteiger partial charge in [0.15, 0.2) is 6.10 Å². The van der Waals surface area contributed by atoms with Crippen LogP contribution in [0.25, 0.3) is 0 Å². The first-order valence-electron chi connectivity index (χ1n) is 4.58. The highest BCUT2D eigenvalue weighted by molar-refractivity contribution is 5.75. The van der Waals surface area contributed by atoms with Gasteiger partial charge in [0.1, 0.15) is 18.3 Å². The van der Waals surface area contributed by atoms with Crippen LogP contribution in [-0.4, -0.2) is 54.9 Å². The summed E-state index contributed by atoms with van der Waals surface area (Å²) in [6.07, 6.45) is -8.57. The van der Waals surface area contributed by atoms with Crippen molar-refractivity contribution in [3.63, 3.8) is 0 Å². The number of hydrogen-bond donors (Lipinski definition) is 1. The van der Waals surface area contributed by atoms with Gasteiger partial charge in [0.25, 0.3) is 0 Å². The van der Waals surface area contributed by atoms with Crippen LogP contribution in [0, 0.1) is 0 Å². The maximum absolute atomic E-state index is 11.9. The topological polar surface area (TPSA) is 65.0 Å². The molecule has 0 aromatic rings. The van der Waals surface area contributed by atoms with Crippen molar-refractivity contribution in [2.24, 2.45) is 0 Å². The van der Waals surface area contributed by atoms with Crippen LogP contribution >= 0.6 is 0 Å². The van der Waals surface area contributed by atoms with Crippen LogP contribution in [-0.2, 0) is 19.0 Å². The molecule has 5 nitrogen and oxygen atoms in total. The van der Waals surface area contributed by atoms with Gasteiger partial charge in [-0.25, -0.2) is 4.79 Å². The Kier molecular flexibility index (Phi) is 2.81. The summed E-state index contributed by atoms with van der Waals surface area (Å²) in [4.78, 5) is 10.6. The Morgan fingerprint density at radius 1 is 1.25 bits per heavy atom. The molecule has 0 aliphatic carbocycles. The molecular weight excluding hydrogens is 233 g/mol. The molecule has 0 saturated carbocycles. The Morgan fingerprint density at radius 3 is 2.50 bits per heavy atom. The molecule has 2 fully saturated rings. The zero-order valence-corrected chi connectivity index (χ0v) is 7.94. The number of rotatable bonds is 1. The fourth-order valence-electron chi connectivity index (χ4n) is 1.75. The molecule has 0 unspecified atom stereocenters. The molecule has 0 radical (unpaired) electrons. The van der Waals surface area contributed by atoms with Gasteiger partial charge < -0.3 is 19.3 Å². The summed E-state index contributed by atoms with van der Waals surface area (Å²) in [6.45, 7) is -0.233. The van der Waals surface area contributed by atoms with Gasteiger partial charge in [0.05, 0.1) is 13.2 Å². The molecule has 2 aliphatic rings. The van der Waals surface area contributed by atoms with Crippen LogP contribution in [0.2, 0.25) is 0 Å². The van der Waals surface area contributed by atoms with Gasteiger partial charge in [-0.1, -0.05) is 0 Å². The molecule has 92 valence electrons. The van der Waals surface area contributed by atoms with Crippen molar-refractivity contribution < 1.29 is 37.3 Å². The summed E-state index contributed by atoms with van der Waals surface area (Å²) >= 11 is 0. The van der Waals surface area contributed by atoms with Gasteiger partial charge in [-0.05, 0) is 0 Å². The van der Waals surface area contributed by atoms with Gasteiger partial charge in [-0.15, -0.1) is 0 Å². The summed E-state index contributed by atoms with van der Waals surface area (Å²) < 4.78 is 50.0. The lowest BCUT2D eigenvalue weighted by Crippen LogP contribution is -2.37. The third-order valence-corrected chi connectivity index (χ3v) is 2.47. The molecule has 0 aromatic heterocycles. The summed E-state index contributed by atoms with van der Waals surface area (Å²) in [7, 11) is 0. The number of fused-ring (bicyclic) bond motifs is 1. The van der Waals surface area contributed by atoms with E-state index in [1.54, 1.807) is 0 Å². The van der Waals surface area contributed by atoms with E-state index in [1.807, 2.05) is 0 Å². The second-order valence-corrected chi connectivity index (χ2v) is 3.60. The Hall–Kier alpha value is -0.860. The molecule has 2 rings (SSSR count). The highest BCUT2D eigenvalue weighted by atomic mass is 19.4. The first-order chi connectivity index (χ1) is 7.39. The van der Waals surface area contributed by atoms with E-state index in [-0.39, 0.29) is 13.2 Å². The number of carbonyl (C=O) groups excluding carboxylic acids is 1. The van der Waals surface area contributed by atoms with Gasteiger partial charge >= 0.3 is 12.1 Å². The number of esters is 1. The lowest BCUT2D eigenvalue weighted by atomic mass is 10.1. The minimum Gasteiger partial charge on any atom is -0.450 e. The lowest BCUT2D eigenvalue weighted by molar-refractivity contribution is -0.208. The molecule has 0 aromatic carbocycles. The molecule has 2 heterocycles. The number of carbonyl (C=O) groups is 1. The lowest BCUT2D eigenvalue weighted by Gasteiger charge is -2.17. The molecule has 4 atom stereocenters. The summed E-state index contributed by atoms with van der Waals surface area (Å²) in [5.41, 5.74) is 0. The van der Waals surface area contributed by atoms with E-state index >= 15 is 0 Å². The smallest absolute Gasteiger partial charge is 0.450 e. The number of halogens is 3. The Labute approximate surface area is 88.1 Å². The summed E-state index contributed by atoms with van der Waals surface area (Å²) in [5.74, 6) is -2.27. The molecular formula is C8H9F3O5. The standard InChI is InChI=1S/C8H9F3O5/c9-8(10,11)7(13)16-4-2-15-5-3(12)1-14-6(4)5/h3-6,12H,1-2H2/t3-,4-,5+,6+/m0/s1. The van der Waals surface area contributed by atoms with Gasteiger partial charge in [-0.3, -0.25) is 0 Å². The minimum absolute atomic E-state index is 0.0323. The van der Waals surface area contributed by atoms with Crippen LogP contribution in [0.1, 0.15) is 0 Å². The number of alkyl halides is 3. The summed E-state index contributed by atoms with van der Waals surface area (Å²) in [6, 6.07) is 0. The Morgan fingerprint density at radius 2 is 1.88 bits per heavy atom. The van der Waals surface area contributed by atoms with E-state index in [0.717, 1.165) is 0 Å². The van der Waals surface area contributed by atoms with Crippen LogP contribution in [0.4, 0.5) is 13.2 Å². The first kappa shape index (κ1) is 11.6. The molecule has 16 heavy (non-hydrogen) atoms. The molecule has 2 saturated heterocycles. The van der Waals surface area contributed by atoms with Crippen molar-refractivity contribution in [3.05, 3.63) is 0 Å². The Balaban J connectivity index is 1.95. The van der Waals surface area contributed by atoms with Gasteiger partial charge in [-0.2, -0.15) is 13.2 Å². The summed E-state index contributed by atoms with van der Waals surface area (Å²) in [5, 5.41) is 9.30. The number of hydrogen-bond acceptors (Lipinski definition) is 5. The monoisotopic (exact) mass is 242 g/mol. The number of aliphatic hydroxyl groups excluding tert-OH is 1. The van der Waals surface area contributed by atoms with E-state index in [1.165, 1.54) is 0 Å². The van der Waals surface area contributed by atoms with Crippen molar-refractivity contribution in [2.75, 3.05) is 13.2 Å². The SMILES string of the molecule is O=C(O[C@H]1CO[C@H]2[C@@H]1OC[C@@H]2O)C(F)(F)F. The predicted octanol–water partition coefficient (Wildman–Crippen LogP) is -0.381. The quantitative estimate of drug-likeness (QED) is 0.635. The van der Waals surface area contributed by atoms with Crippen LogP contribution in [0.3, 0.4) is 0 Å². The van der Waals surface area contributed by atoms with Crippen molar-refractivity contribution in [1.29, 1.82) is 0 Å². The largest absolute Gasteiger partial charge is 0.490 e. The maximum Gasteiger partial charge on any atom is 0.490 e. The fourth-order valence-corrected chi connectivity index (χ4v) is 1.75. The second-order valence-electron chi connectivity index (χ2n) is 3.60. The molecule has 2 aliphatic heterocycles. The highest BCUT2D eigenvalue weighted by Crippen LogP contribution is 2.30. The molecule has 0 spiro atoms. The Bertz CT molecular complexity index is 292. The normalized spacial score (nSPS) is 38.5. The van der Waals surface area contributed by atoms with E-state index in [4.69, 9.17) is 9.47 Å². The molecule has 0 amide bonds. The highest BCUT2D eigenvalue weighted by Gasteiger charge is 2.51. The fraction of sp³-hybridized carbons (Fsp3) is 0.875. The minimum atomic E-state index is -5.03. The third kappa shape index (κ3) is 2.00. The predicted molar refractivity (Wildman–Crippen MR) is 41.4 cm³/mol. The van der Waals surface area contributed by atoms with Crippen molar-refractivity contribution >= 4 is 5.97 Å². The molecule has 1 N–H and O–H groups in total. The van der Waals surface area contributed by atoms with Crippen LogP contribution < -0.4 is 0 Å². The van der Waals surface area contributed by atoms with Crippen molar-refractivity contribution in [1.82, 2.24) is 0 Å². The number of aliphatic hydroxyl groups is 1. The van der Waals surface area contributed by atoms with Crippen LogP contribution in [0.5, 0.6) is 0 Å². The number of ether oxygens (including phenoxy) is 3. The van der Waals surface area contributed by atoms with E-state index < -0.39 is 36.6 Å². The average molecular weight is 242 g/mol. The third-order valence-electron chi connectivity index (χ3n) is 2.47. The van der Waals surface area contributed by atoms with E-state index in [0.29, 0.717) is 0 Å². The van der Waals surface area contributed by atoms with E-state index in [2.05, 4.69) is 4.74 Å². The first-order valence-corrected chi connectivity index (χ1v) is 4.58. The molecule has 0 bridgehead atoms. The second kappa shape index (κ2) is 3.86. The maximum atomic E-state index is 11.9. The molecule has 8 heteroatoms. The zero-order valence-electron chi connectivity index (χ0n) is 7.94. The van der Waals surface area contributed by atoms with Crippen molar-refractivity contribution in [3.8, 4) is 0 Å². The van der Waals surface area contributed by atoms with E-state index in [9.17, 15) is 23.1 Å². The van der Waals surface area contributed by atoms with Gasteiger partial charge in [0.2, 0.25) is 0 Å². The van der Waals surface area contributed by atoms with Crippen LogP contribution in [0.15, 0.2) is 0 Å². The average Bonchev–Trinajstić information content (AvgIpc) is 2.70. The van der Waals surface area contributed by atoms with Crippen molar-refractivity contribution in [2.45, 2.75) is 30.6 Å². The van der Waals surface area contributed by atoms with Gasteiger partial charge in [0, 0.05) is 0 Å². The zero-order chi connectivity index (χ0) is 11.9.